The van der Waals surface area contributed by atoms with Gasteiger partial charge in [-0.2, -0.15) is 10.4 Å². The predicted molar refractivity (Wildman–Crippen MR) is 96.6 cm³/mol. The van der Waals surface area contributed by atoms with E-state index in [-0.39, 0.29) is 11.1 Å². The number of nitrogens with zero attached hydrogens (tertiary/aromatic N) is 3. The molecule has 1 aromatic heterocycles. The fraction of sp³-hybridized carbons (Fsp3) is 0.529. The van der Waals surface area contributed by atoms with Crippen LogP contribution in [-0.2, 0) is 11.0 Å². The van der Waals surface area contributed by atoms with Gasteiger partial charge in [-0.3, -0.25) is 4.68 Å². The zero-order valence-electron chi connectivity index (χ0n) is 14.8. The highest BCUT2D eigenvalue weighted by molar-refractivity contribution is 6.74. The van der Waals surface area contributed by atoms with Gasteiger partial charge in [-0.1, -0.05) is 20.8 Å². The molecule has 2 aromatic rings. The molecule has 1 atom stereocenters. The van der Waals surface area contributed by atoms with Crippen molar-refractivity contribution in [3.63, 3.8) is 0 Å². The summed E-state index contributed by atoms with van der Waals surface area (Å²) in [5.74, 6) is 0. The SMILES string of the molecule is C[C@H](Cn1nc(C#N)c2cc(N)ccc21)O[Si](C)(C)C(C)(C)C. The van der Waals surface area contributed by atoms with Crippen molar-refractivity contribution in [1.29, 1.82) is 5.26 Å². The first-order valence-corrected chi connectivity index (χ1v) is 10.8. The summed E-state index contributed by atoms with van der Waals surface area (Å²) in [6.07, 6.45) is 0.0306. The Bertz CT molecular complexity index is 752. The van der Waals surface area contributed by atoms with E-state index in [1.54, 1.807) is 6.07 Å². The number of nitriles is 1. The van der Waals surface area contributed by atoms with Gasteiger partial charge < -0.3 is 10.2 Å². The van der Waals surface area contributed by atoms with Gasteiger partial charge in [0.15, 0.2) is 14.0 Å². The van der Waals surface area contributed by atoms with Crippen LogP contribution in [0.15, 0.2) is 18.2 Å². The van der Waals surface area contributed by atoms with E-state index in [4.69, 9.17) is 10.2 Å². The summed E-state index contributed by atoms with van der Waals surface area (Å²) in [7, 11) is -1.83. The number of nitrogen functional groups attached to an aromatic ring is 1. The maximum Gasteiger partial charge on any atom is 0.192 e. The first kappa shape index (κ1) is 17.5. The molecule has 0 bridgehead atoms. The summed E-state index contributed by atoms with van der Waals surface area (Å²) in [4.78, 5) is 0. The van der Waals surface area contributed by atoms with Crippen LogP contribution >= 0.6 is 0 Å². The van der Waals surface area contributed by atoms with Crippen LogP contribution in [0.1, 0.15) is 33.4 Å². The van der Waals surface area contributed by atoms with Crippen LogP contribution < -0.4 is 5.73 Å². The monoisotopic (exact) mass is 330 g/mol. The second-order valence-electron chi connectivity index (χ2n) is 7.61. The maximum absolute atomic E-state index is 9.28. The lowest BCUT2D eigenvalue weighted by atomic mass is 10.2. The first-order chi connectivity index (χ1) is 10.5. The average Bonchev–Trinajstić information content (AvgIpc) is 2.74. The molecule has 0 fully saturated rings. The maximum atomic E-state index is 9.28. The van der Waals surface area contributed by atoms with E-state index in [1.165, 1.54) is 0 Å². The van der Waals surface area contributed by atoms with E-state index in [2.05, 4.69) is 52.0 Å². The van der Waals surface area contributed by atoms with Gasteiger partial charge in [0.2, 0.25) is 0 Å². The van der Waals surface area contributed by atoms with Gasteiger partial charge in [-0.15, -0.1) is 0 Å². The lowest BCUT2D eigenvalue weighted by Gasteiger charge is -2.38. The molecular formula is C17H26N4OSi. The van der Waals surface area contributed by atoms with Gasteiger partial charge in [0.05, 0.1) is 18.2 Å². The molecule has 2 N–H and O–H groups in total. The number of fused-ring (bicyclic) bond motifs is 1. The Labute approximate surface area is 139 Å². The molecule has 124 valence electrons. The summed E-state index contributed by atoms with van der Waals surface area (Å²) in [5.41, 5.74) is 7.79. The molecule has 0 aliphatic heterocycles. The van der Waals surface area contributed by atoms with Crippen molar-refractivity contribution in [2.24, 2.45) is 0 Å². The quantitative estimate of drug-likeness (QED) is 0.681. The molecule has 0 unspecified atom stereocenters. The number of hydrogen-bond donors (Lipinski definition) is 1. The number of hydrogen-bond acceptors (Lipinski definition) is 4. The number of aromatic nitrogens is 2. The number of anilines is 1. The number of nitrogens with two attached hydrogens (primary N) is 1. The highest BCUT2D eigenvalue weighted by atomic mass is 28.4. The van der Waals surface area contributed by atoms with Gasteiger partial charge in [0.1, 0.15) is 6.07 Å². The lowest BCUT2D eigenvalue weighted by molar-refractivity contribution is 0.176. The Hall–Kier alpha value is -1.84. The molecule has 0 saturated carbocycles. The largest absolute Gasteiger partial charge is 0.412 e. The van der Waals surface area contributed by atoms with Gasteiger partial charge in [-0.05, 0) is 43.3 Å². The third kappa shape index (κ3) is 3.57. The third-order valence-electron chi connectivity index (χ3n) is 4.61. The van der Waals surface area contributed by atoms with Crippen LogP contribution in [0.4, 0.5) is 5.69 Å². The Kier molecular flexibility index (Phi) is 4.56. The van der Waals surface area contributed by atoms with Crippen LogP contribution in [0.2, 0.25) is 18.1 Å². The minimum absolute atomic E-state index is 0.0306. The van der Waals surface area contributed by atoms with Crippen LogP contribution in [0.3, 0.4) is 0 Å². The summed E-state index contributed by atoms with van der Waals surface area (Å²) < 4.78 is 8.24. The topological polar surface area (TPSA) is 76.9 Å². The van der Waals surface area contributed by atoms with Gasteiger partial charge >= 0.3 is 0 Å². The third-order valence-corrected chi connectivity index (χ3v) is 9.22. The Balaban J connectivity index is 2.27. The van der Waals surface area contributed by atoms with E-state index in [1.807, 2.05) is 16.8 Å². The summed E-state index contributed by atoms with van der Waals surface area (Å²) in [5, 5.41) is 14.7. The molecule has 0 aliphatic carbocycles. The molecule has 23 heavy (non-hydrogen) atoms. The highest BCUT2D eigenvalue weighted by Gasteiger charge is 2.38. The van der Waals surface area contributed by atoms with Gasteiger partial charge in [0, 0.05) is 11.1 Å². The van der Waals surface area contributed by atoms with E-state index in [0.29, 0.717) is 17.9 Å². The number of rotatable bonds is 4. The average molecular weight is 331 g/mol. The van der Waals surface area contributed by atoms with Crippen molar-refractivity contribution in [2.45, 2.75) is 58.5 Å². The molecule has 1 heterocycles. The second kappa shape index (κ2) is 5.98. The van der Waals surface area contributed by atoms with Gasteiger partial charge in [-0.25, -0.2) is 0 Å². The number of benzene rings is 1. The van der Waals surface area contributed by atoms with Crippen LogP contribution in [0, 0.1) is 11.3 Å². The van der Waals surface area contributed by atoms with Gasteiger partial charge in [0.25, 0.3) is 0 Å². The summed E-state index contributed by atoms with van der Waals surface area (Å²) in [6, 6.07) is 7.69. The molecule has 6 heteroatoms. The molecule has 0 amide bonds. The molecule has 0 spiro atoms. The Morgan fingerprint density at radius 3 is 2.61 bits per heavy atom. The van der Waals surface area contributed by atoms with E-state index in [9.17, 15) is 5.26 Å². The minimum atomic E-state index is -1.83. The Morgan fingerprint density at radius 2 is 2.04 bits per heavy atom. The fourth-order valence-electron chi connectivity index (χ4n) is 2.38. The van der Waals surface area contributed by atoms with Crippen molar-refractivity contribution in [3.05, 3.63) is 23.9 Å². The van der Waals surface area contributed by atoms with E-state index < -0.39 is 8.32 Å². The van der Waals surface area contributed by atoms with Crippen molar-refractivity contribution in [3.8, 4) is 6.07 Å². The molecule has 0 aliphatic rings. The van der Waals surface area contributed by atoms with Crippen molar-refractivity contribution in [2.75, 3.05) is 5.73 Å². The minimum Gasteiger partial charge on any atom is -0.412 e. The fourth-order valence-corrected chi connectivity index (χ4v) is 3.81. The van der Waals surface area contributed by atoms with E-state index >= 15 is 0 Å². The molecule has 1 aromatic carbocycles. The zero-order valence-corrected chi connectivity index (χ0v) is 15.8. The highest BCUT2D eigenvalue weighted by Crippen LogP contribution is 2.37. The molecule has 5 nitrogen and oxygen atoms in total. The van der Waals surface area contributed by atoms with Crippen molar-refractivity contribution in [1.82, 2.24) is 9.78 Å². The lowest BCUT2D eigenvalue weighted by Crippen LogP contribution is -2.44. The first-order valence-electron chi connectivity index (χ1n) is 7.89. The predicted octanol–water partition coefficient (Wildman–Crippen LogP) is 3.90. The zero-order chi connectivity index (χ0) is 17.4. The molecular weight excluding hydrogens is 304 g/mol. The second-order valence-corrected chi connectivity index (χ2v) is 12.4. The molecule has 2 rings (SSSR count). The smallest absolute Gasteiger partial charge is 0.192 e. The van der Waals surface area contributed by atoms with Crippen LogP contribution in [-0.4, -0.2) is 24.2 Å². The molecule has 0 saturated heterocycles. The summed E-state index contributed by atoms with van der Waals surface area (Å²) >= 11 is 0. The van der Waals surface area contributed by atoms with Crippen molar-refractivity contribution >= 4 is 24.9 Å². The van der Waals surface area contributed by atoms with E-state index in [0.717, 1.165) is 10.9 Å². The van der Waals surface area contributed by atoms with Crippen LogP contribution in [0.25, 0.3) is 10.9 Å². The summed E-state index contributed by atoms with van der Waals surface area (Å²) in [6.45, 7) is 13.9. The molecule has 0 radical (unpaired) electrons. The van der Waals surface area contributed by atoms with Crippen LogP contribution in [0.5, 0.6) is 0 Å². The normalized spacial score (nSPS) is 14.0. The Morgan fingerprint density at radius 1 is 1.39 bits per heavy atom. The van der Waals surface area contributed by atoms with Crippen molar-refractivity contribution < 1.29 is 4.43 Å². The standard InChI is InChI=1S/C17H26N4OSi/c1-12(22-23(5,6)17(2,3)4)11-21-16-8-7-13(19)9-14(16)15(10-18)20-21/h7-9,12H,11,19H2,1-6H3/t12-/m1/s1.